The van der Waals surface area contributed by atoms with Crippen LogP contribution < -0.4 is 5.56 Å². The van der Waals surface area contributed by atoms with Gasteiger partial charge in [-0.25, -0.2) is 4.98 Å². The van der Waals surface area contributed by atoms with E-state index in [1.165, 1.54) is 12.4 Å². The summed E-state index contributed by atoms with van der Waals surface area (Å²) in [5.74, 6) is 0.0811. The number of aromatic nitrogens is 4. The highest BCUT2D eigenvalue weighted by Gasteiger charge is 2.26. The first-order valence-electron chi connectivity index (χ1n) is 9.76. The summed E-state index contributed by atoms with van der Waals surface area (Å²) in [6, 6.07) is 9.05. The molecule has 1 N–H and O–H groups in total. The normalized spacial score (nSPS) is 16.6. The van der Waals surface area contributed by atoms with Crippen LogP contribution in [0.2, 0.25) is 0 Å². The van der Waals surface area contributed by atoms with Gasteiger partial charge in [0.1, 0.15) is 0 Å². The molecule has 0 aliphatic carbocycles. The quantitative estimate of drug-likeness (QED) is 0.744. The zero-order valence-corrected chi connectivity index (χ0v) is 16.6. The summed E-state index contributed by atoms with van der Waals surface area (Å²) in [7, 11) is 0. The number of aromatic amines is 1. The first kappa shape index (κ1) is 19.0. The minimum atomic E-state index is -0.163. The predicted molar refractivity (Wildman–Crippen MR) is 110 cm³/mol. The summed E-state index contributed by atoms with van der Waals surface area (Å²) in [4.78, 5) is 33.3. The summed E-state index contributed by atoms with van der Waals surface area (Å²) in [5, 5.41) is 8.28. The summed E-state index contributed by atoms with van der Waals surface area (Å²) in [6.45, 7) is 5.31. The zero-order chi connectivity index (χ0) is 20.4. The zero-order valence-electron chi connectivity index (χ0n) is 16.6. The molecule has 1 fully saturated rings. The Morgan fingerprint density at radius 2 is 2.00 bits per heavy atom. The van der Waals surface area contributed by atoms with Gasteiger partial charge in [0.2, 0.25) is 0 Å². The van der Waals surface area contributed by atoms with E-state index in [-0.39, 0.29) is 17.4 Å². The van der Waals surface area contributed by atoms with E-state index in [1.807, 2.05) is 43.0 Å². The molecule has 0 bridgehead atoms. The van der Waals surface area contributed by atoms with Crippen molar-refractivity contribution in [2.75, 3.05) is 13.1 Å². The van der Waals surface area contributed by atoms with E-state index in [2.05, 4.69) is 20.2 Å². The topological polar surface area (TPSA) is 91.8 Å². The van der Waals surface area contributed by atoms with Crippen LogP contribution in [0.15, 0.2) is 47.7 Å². The molecule has 1 amide bonds. The molecule has 1 unspecified atom stereocenters. The van der Waals surface area contributed by atoms with Crippen molar-refractivity contribution >= 4 is 5.91 Å². The Kier molecular flexibility index (Phi) is 5.20. The highest BCUT2D eigenvalue weighted by atomic mass is 16.2. The van der Waals surface area contributed by atoms with Gasteiger partial charge < -0.3 is 9.88 Å². The third-order valence-electron chi connectivity index (χ3n) is 5.59. The molecule has 1 aliphatic rings. The van der Waals surface area contributed by atoms with Gasteiger partial charge in [-0.2, -0.15) is 10.2 Å². The van der Waals surface area contributed by atoms with Crippen molar-refractivity contribution in [1.82, 2.24) is 25.1 Å². The maximum Gasteiger partial charge on any atom is 0.253 e. The standard InChI is InChI=1S/C22H23N5O2/c1-14-11-25-26-21(15(14)2)16-5-7-17(8-6-16)22(29)27-9-3-4-18(12-27)19-10-20(28)24-13-23-19/h5-8,10-11,13,18H,3-4,9,12H2,1-2H3,(H,23,24,28). The van der Waals surface area contributed by atoms with Gasteiger partial charge in [-0.05, 0) is 49.9 Å². The van der Waals surface area contributed by atoms with Gasteiger partial charge >= 0.3 is 0 Å². The van der Waals surface area contributed by atoms with E-state index < -0.39 is 0 Å². The van der Waals surface area contributed by atoms with E-state index in [0.717, 1.165) is 40.9 Å². The maximum absolute atomic E-state index is 13.0. The second-order valence-electron chi connectivity index (χ2n) is 7.50. The van der Waals surface area contributed by atoms with Gasteiger partial charge in [-0.1, -0.05) is 12.1 Å². The fourth-order valence-electron chi connectivity index (χ4n) is 3.77. The van der Waals surface area contributed by atoms with Crippen molar-refractivity contribution in [1.29, 1.82) is 0 Å². The van der Waals surface area contributed by atoms with Crippen molar-refractivity contribution in [3.8, 4) is 11.3 Å². The van der Waals surface area contributed by atoms with Crippen molar-refractivity contribution in [2.45, 2.75) is 32.6 Å². The summed E-state index contributed by atoms with van der Waals surface area (Å²) in [5.41, 5.74) is 5.18. The van der Waals surface area contributed by atoms with Gasteiger partial charge in [0, 0.05) is 36.2 Å². The van der Waals surface area contributed by atoms with Crippen molar-refractivity contribution < 1.29 is 4.79 Å². The predicted octanol–water partition coefficient (Wildman–Crippen LogP) is 2.86. The van der Waals surface area contributed by atoms with Crippen LogP contribution in [0.4, 0.5) is 0 Å². The highest BCUT2D eigenvalue weighted by Crippen LogP contribution is 2.27. The number of hydrogen-bond donors (Lipinski definition) is 1. The number of piperidine rings is 1. The van der Waals surface area contributed by atoms with Gasteiger partial charge in [-0.3, -0.25) is 9.59 Å². The van der Waals surface area contributed by atoms with E-state index in [9.17, 15) is 9.59 Å². The first-order chi connectivity index (χ1) is 14.0. The third kappa shape index (κ3) is 3.94. The number of nitrogens with one attached hydrogen (secondary N) is 1. The molecule has 1 atom stereocenters. The lowest BCUT2D eigenvalue weighted by Crippen LogP contribution is -2.39. The van der Waals surface area contributed by atoms with Crippen LogP contribution in [0, 0.1) is 13.8 Å². The lowest BCUT2D eigenvalue weighted by atomic mass is 9.94. The fraction of sp³-hybridized carbons (Fsp3) is 0.318. The van der Waals surface area contributed by atoms with Gasteiger partial charge in [-0.15, -0.1) is 0 Å². The molecule has 7 heteroatoms. The number of carbonyl (C=O) groups is 1. The van der Waals surface area contributed by atoms with Crippen molar-refractivity contribution in [3.63, 3.8) is 0 Å². The number of carbonyl (C=O) groups excluding carboxylic acids is 1. The second kappa shape index (κ2) is 7.95. The van der Waals surface area contributed by atoms with Gasteiger partial charge in [0.05, 0.1) is 23.9 Å². The molecule has 1 saturated heterocycles. The largest absolute Gasteiger partial charge is 0.338 e. The molecular weight excluding hydrogens is 366 g/mol. The van der Waals surface area contributed by atoms with Gasteiger partial charge in [0.15, 0.2) is 0 Å². The highest BCUT2D eigenvalue weighted by molar-refractivity contribution is 5.94. The molecule has 1 aromatic carbocycles. The Labute approximate surface area is 168 Å². The van der Waals surface area contributed by atoms with Crippen LogP contribution in [-0.4, -0.2) is 44.1 Å². The number of H-pyrrole nitrogens is 1. The molecular formula is C22H23N5O2. The Balaban J connectivity index is 1.52. The average Bonchev–Trinajstić information content (AvgIpc) is 2.75. The number of amides is 1. The SMILES string of the molecule is Cc1cnnc(-c2ccc(C(=O)N3CCCC(c4cc(=O)[nH]cn4)C3)cc2)c1C. The van der Waals surface area contributed by atoms with Crippen LogP contribution >= 0.6 is 0 Å². The van der Waals surface area contributed by atoms with Crippen LogP contribution in [0.5, 0.6) is 0 Å². The minimum absolute atomic E-state index is 0.00172. The molecule has 4 rings (SSSR count). The third-order valence-corrected chi connectivity index (χ3v) is 5.59. The summed E-state index contributed by atoms with van der Waals surface area (Å²) >= 11 is 0. The van der Waals surface area contributed by atoms with Crippen LogP contribution in [0.3, 0.4) is 0 Å². The molecule has 3 heterocycles. The molecule has 2 aromatic heterocycles. The Hall–Kier alpha value is -3.35. The molecule has 0 spiro atoms. The molecule has 0 radical (unpaired) electrons. The van der Waals surface area contributed by atoms with E-state index in [4.69, 9.17) is 0 Å². The average molecular weight is 389 g/mol. The lowest BCUT2D eigenvalue weighted by Gasteiger charge is -2.32. The number of likely N-dealkylation sites (tertiary alicyclic amines) is 1. The summed E-state index contributed by atoms with van der Waals surface area (Å²) in [6.07, 6.45) is 4.98. The van der Waals surface area contributed by atoms with E-state index in [0.29, 0.717) is 18.7 Å². The number of aryl methyl sites for hydroxylation is 1. The maximum atomic E-state index is 13.0. The Morgan fingerprint density at radius 1 is 1.21 bits per heavy atom. The molecule has 7 nitrogen and oxygen atoms in total. The number of rotatable bonds is 3. The van der Waals surface area contributed by atoms with Crippen molar-refractivity contribution in [3.05, 3.63) is 75.6 Å². The summed E-state index contributed by atoms with van der Waals surface area (Å²) < 4.78 is 0. The molecule has 1 aliphatic heterocycles. The smallest absolute Gasteiger partial charge is 0.253 e. The van der Waals surface area contributed by atoms with Gasteiger partial charge in [0.25, 0.3) is 11.5 Å². The van der Waals surface area contributed by atoms with Crippen LogP contribution in [0.1, 0.15) is 45.9 Å². The Bertz CT molecular complexity index is 1090. The van der Waals surface area contributed by atoms with E-state index >= 15 is 0 Å². The van der Waals surface area contributed by atoms with Crippen LogP contribution in [0.25, 0.3) is 11.3 Å². The molecule has 148 valence electrons. The molecule has 29 heavy (non-hydrogen) atoms. The van der Waals surface area contributed by atoms with Crippen LogP contribution in [-0.2, 0) is 0 Å². The number of hydrogen-bond acceptors (Lipinski definition) is 5. The first-order valence-corrected chi connectivity index (χ1v) is 9.76. The molecule has 3 aromatic rings. The monoisotopic (exact) mass is 389 g/mol. The van der Waals surface area contributed by atoms with Crippen molar-refractivity contribution in [2.24, 2.45) is 0 Å². The Morgan fingerprint density at radius 3 is 2.76 bits per heavy atom. The second-order valence-corrected chi connectivity index (χ2v) is 7.50. The number of nitrogens with zero attached hydrogens (tertiary/aromatic N) is 4. The van der Waals surface area contributed by atoms with E-state index in [1.54, 1.807) is 6.20 Å². The minimum Gasteiger partial charge on any atom is -0.338 e. The lowest BCUT2D eigenvalue weighted by molar-refractivity contribution is 0.0706. The fourth-order valence-corrected chi connectivity index (χ4v) is 3.77. The molecule has 0 saturated carbocycles. The number of benzene rings is 1.